The summed E-state index contributed by atoms with van der Waals surface area (Å²) in [4.78, 5) is 9.36. The largest absolute Gasteiger partial charge is 0.396 e. The second-order valence-corrected chi connectivity index (χ2v) is 4.12. The van der Waals surface area contributed by atoms with Crippen LogP contribution in [0.5, 0.6) is 0 Å². The Kier molecular flexibility index (Phi) is 4.35. The van der Waals surface area contributed by atoms with Gasteiger partial charge in [-0.15, -0.1) is 0 Å². The van der Waals surface area contributed by atoms with Gasteiger partial charge in [0.25, 0.3) is 0 Å². The molecule has 0 aromatic carbocycles. The maximum Gasteiger partial charge on any atom is 0.117 e. The predicted molar refractivity (Wildman–Crippen MR) is 64.4 cm³/mol. The number of hydrogen-bond acceptors (Lipinski definition) is 3. The summed E-state index contributed by atoms with van der Waals surface area (Å²) in [7, 11) is 0. The molecule has 0 amide bonds. The molecule has 1 aromatic heterocycles. The Morgan fingerprint density at radius 1 is 0.938 bits per heavy atom. The van der Waals surface area contributed by atoms with Gasteiger partial charge in [-0.3, -0.25) is 4.98 Å². The highest BCUT2D eigenvalue weighted by molar-refractivity contribution is 6.00. The molecule has 0 radical (unpaired) electrons. The van der Waals surface area contributed by atoms with Gasteiger partial charge in [0.2, 0.25) is 0 Å². The molecule has 2 heterocycles. The van der Waals surface area contributed by atoms with Crippen molar-refractivity contribution >= 4 is 5.71 Å². The fourth-order valence-corrected chi connectivity index (χ4v) is 1.90. The summed E-state index contributed by atoms with van der Waals surface area (Å²) in [6.45, 7) is 0.745. The van der Waals surface area contributed by atoms with Crippen LogP contribution in [0.3, 0.4) is 0 Å². The minimum Gasteiger partial charge on any atom is -0.396 e. The third-order valence-electron chi connectivity index (χ3n) is 2.84. The zero-order chi connectivity index (χ0) is 11.1. The van der Waals surface area contributed by atoms with E-state index in [0.717, 1.165) is 30.7 Å². The molecule has 0 unspecified atom stereocenters. The molecule has 0 atom stereocenters. The highest BCUT2D eigenvalue weighted by atomic mass is 16.6. The van der Waals surface area contributed by atoms with E-state index >= 15 is 0 Å². The SMILES string of the molecule is c1cc(C2=NOCCCCCCC2)ccn1. The Morgan fingerprint density at radius 2 is 1.69 bits per heavy atom. The molecule has 16 heavy (non-hydrogen) atoms. The number of rotatable bonds is 1. The van der Waals surface area contributed by atoms with Crippen molar-refractivity contribution in [3.05, 3.63) is 30.1 Å². The molecule has 0 spiro atoms. The second kappa shape index (κ2) is 6.26. The molecular weight excluding hydrogens is 200 g/mol. The number of aromatic nitrogens is 1. The molecule has 86 valence electrons. The predicted octanol–water partition coefficient (Wildman–Crippen LogP) is 3.16. The van der Waals surface area contributed by atoms with E-state index in [0.29, 0.717) is 0 Å². The lowest BCUT2D eigenvalue weighted by Gasteiger charge is -2.09. The number of nitrogens with zero attached hydrogens (tertiary/aromatic N) is 2. The van der Waals surface area contributed by atoms with Gasteiger partial charge in [0, 0.05) is 18.0 Å². The van der Waals surface area contributed by atoms with Crippen LogP contribution in [0, 0.1) is 0 Å². The monoisotopic (exact) mass is 218 g/mol. The van der Waals surface area contributed by atoms with Crippen LogP contribution in [-0.2, 0) is 4.84 Å². The lowest BCUT2D eigenvalue weighted by Crippen LogP contribution is -2.04. The van der Waals surface area contributed by atoms with E-state index in [9.17, 15) is 0 Å². The minimum absolute atomic E-state index is 0.745. The van der Waals surface area contributed by atoms with Crippen molar-refractivity contribution in [1.82, 2.24) is 4.98 Å². The van der Waals surface area contributed by atoms with E-state index in [4.69, 9.17) is 4.84 Å². The summed E-state index contributed by atoms with van der Waals surface area (Å²) >= 11 is 0. The zero-order valence-electron chi connectivity index (χ0n) is 9.56. The third-order valence-corrected chi connectivity index (χ3v) is 2.84. The lowest BCUT2D eigenvalue weighted by atomic mass is 10.0. The van der Waals surface area contributed by atoms with Crippen LogP contribution in [0.15, 0.2) is 29.7 Å². The Morgan fingerprint density at radius 3 is 2.56 bits per heavy atom. The van der Waals surface area contributed by atoms with Gasteiger partial charge < -0.3 is 4.84 Å². The molecule has 3 nitrogen and oxygen atoms in total. The number of pyridine rings is 1. The maximum atomic E-state index is 5.34. The lowest BCUT2D eigenvalue weighted by molar-refractivity contribution is 0.138. The quantitative estimate of drug-likeness (QED) is 0.725. The van der Waals surface area contributed by atoms with Crippen molar-refractivity contribution in [3.8, 4) is 0 Å². The second-order valence-electron chi connectivity index (χ2n) is 4.12. The van der Waals surface area contributed by atoms with Gasteiger partial charge >= 0.3 is 0 Å². The van der Waals surface area contributed by atoms with E-state index in [-0.39, 0.29) is 0 Å². The summed E-state index contributed by atoms with van der Waals surface area (Å²) in [6.07, 6.45) is 10.8. The summed E-state index contributed by atoms with van der Waals surface area (Å²) in [6, 6.07) is 3.99. The highest BCUT2D eigenvalue weighted by Gasteiger charge is 2.05. The first-order valence-corrected chi connectivity index (χ1v) is 6.06. The first-order valence-electron chi connectivity index (χ1n) is 6.06. The molecule has 0 N–H and O–H groups in total. The first-order chi connectivity index (χ1) is 7.97. The van der Waals surface area contributed by atoms with Gasteiger partial charge in [-0.05, 0) is 37.8 Å². The average molecular weight is 218 g/mol. The van der Waals surface area contributed by atoms with E-state index in [2.05, 4.69) is 10.1 Å². The van der Waals surface area contributed by atoms with Crippen molar-refractivity contribution in [2.75, 3.05) is 6.61 Å². The normalized spacial score (nSPS) is 18.4. The molecule has 1 aliphatic rings. The van der Waals surface area contributed by atoms with Gasteiger partial charge in [0.05, 0.1) is 5.71 Å². The molecule has 0 bridgehead atoms. The van der Waals surface area contributed by atoms with Crippen LogP contribution in [0.1, 0.15) is 44.1 Å². The molecule has 0 aliphatic carbocycles. The topological polar surface area (TPSA) is 34.5 Å². The van der Waals surface area contributed by atoms with Gasteiger partial charge in [-0.2, -0.15) is 0 Å². The number of oxime groups is 1. The van der Waals surface area contributed by atoms with Crippen LogP contribution in [0.4, 0.5) is 0 Å². The fraction of sp³-hybridized carbons (Fsp3) is 0.538. The Bertz CT molecular complexity index is 335. The van der Waals surface area contributed by atoms with Crippen LogP contribution < -0.4 is 0 Å². The van der Waals surface area contributed by atoms with Crippen molar-refractivity contribution in [2.45, 2.75) is 38.5 Å². The van der Waals surface area contributed by atoms with Gasteiger partial charge in [-0.1, -0.05) is 18.0 Å². The van der Waals surface area contributed by atoms with E-state index < -0.39 is 0 Å². The van der Waals surface area contributed by atoms with Gasteiger partial charge in [-0.25, -0.2) is 0 Å². The molecule has 0 fully saturated rings. The van der Waals surface area contributed by atoms with Crippen molar-refractivity contribution in [2.24, 2.45) is 5.16 Å². The van der Waals surface area contributed by atoms with Crippen molar-refractivity contribution in [3.63, 3.8) is 0 Å². The summed E-state index contributed by atoms with van der Waals surface area (Å²) in [5, 5.41) is 4.24. The number of hydrogen-bond donors (Lipinski definition) is 0. The third kappa shape index (κ3) is 3.33. The molecule has 0 saturated carbocycles. The molecule has 3 heteroatoms. The fourth-order valence-electron chi connectivity index (χ4n) is 1.90. The van der Waals surface area contributed by atoms with Gasteiger partial charge in [0.1, 0.15) is 6.61 Å². The average Bonchev–Trinajstić information content (AvgIpc) is 2.37. The molecule has 2 rings (SSSR count). The molecule has 1 aliphatic heterocycles. The Labute approximate surface area is 96.5 Å². The van der Waals surface area contributed by atoms with Crippen LogP contribution in [0.25, 0.3) is 0 Å². The Hall–Kier alpha value is -1.38. The van der Waals surface area contributed by atoms with Crippen LogP contribution in [-0.4, -0.2) is 17.3 Å². The van der Waals surface area contributed by atoms with Crippen molar-refractivity contribution in [1.29, 1.82) is 0 Å². The van der Waals surface area contributed by atoms with Crippen LogP contribution >= 0.6 is 0 Å². The zero-order valence-corrected chi connectivity index (χ0v) is 9.56. The summed E-state index contributed by atoms with van der Waals surface area (Å²) in [5.41, 5.74) is 2.19. The Balaban J connectivity index is 2.07. The van der Waals surface area contributed by atoms with Crippen molar-refractivity contribution < 1.29 is 4.84 Å². The highest BCUT2D eigenvalue weighted by Crippen LogP contribution is 2.12. The molecule has 0 saturated heterocycles. The maximum absolute atomic E-state index is 5.34. The summed E-state index contributed by atoms with van der Waals surface area (Å²) in [5.74, 6) is 0. The summed E-state index contributed by atoms with van der Waals surface area (Å²) < 4.78 is 0. The van der Waals surface area contributed by atoms with Gasteiger partial charge in [0.15, 0.2) is 0 Å². The van der Waals surface area contributed by atoms with E-state index in [1.54, 1.807) is 12.4 Å². The minimum atomic E-state index is 0.745. The smallest absolute Gasteiger partial charge is 0.117 e. The van der Waals surface area contributed by atoms with E-state index in [1.807, 2.05) is 12.1 Å². The van der Waals surface area contributed by atoms with E-state index in [1.165, 1.54) is 25.7 Å². The van der Waals surface area contributed by atoms with Crippen LogP contribution in [0.2, 0.25) is 0 Å². The standard InChI is InChI=1S/C13H18N2O/c1-2-4-6-13(15-16-11-5-3-1)12-7-9-14-10-8-12/h7-10H,1-6,11H2. The molecule has 1 aromatic rings. The molecular formula is C13H18N2O. The first kappa shape index (κ1) is 11.1.